The molecule has 0 spiro atoms. The third-order valence-electron chi connectivity index (χ3n) is 2.18. The van der Waals surface area contributed by atoms with Gasteiger partial charge < -0.3 is 10.1 Å². The molecule has 0 fully saturated rings. The highest BCUT2D eigenvalue weighted by atomic mass is 32.2. The van der Waals surface area contributed by atoms with E-state index in [-0.39, 0.29) is 5.97 Å². The number of thioether (sulfide) groups is 1. The van der Waals surface area contributed by atoms with Gasteiger partial charge in [0.25, 0.3) is 0 Å². The van der Waals surface area contributed by atoms with Gasteiger partial charge in [0.15, 0.2) is 0 Å². The van der Waals surface area contributed by atoms with Gasteiger partial charge in [-0.25, -0.2) is 4.79 Å². The van der Waals surface area contributed by atoms with Crippen LogP contribution in [-0.2, 0) is 9.53 Å². The summed E-state index contributed by atoms with van der Waals surface area (Å²) < 4.78 is 5.08. The first-order chi connectivity index (χ1) is 8.83. The van der Waals surface area contributed by atoms with Crippen LogP contribution in [0.5, 0.6) is 0 Å². The number of ether oxygens (including phenoxy) is 1. The van der Waals surface area contributed by atoms with E-state index in [1.807, 2.05) is 37.4 Å². The molecule has 98 valence electrons. The van der Waals surface area contributed by atoms with Crippen LogP contribution in [0.1, 0.15) is 5.56 Å². The number of hydrogen-bond acceptors (Lipinski definition) is 4. The minimum absolute atomic E-state index is 0.284. The predicted octanol–water partition coefficient (Wildman–Crippen LogP) is 2.20. The lowest BCUT2D eigenvalue weighted by molar-refractivity contribution is -0.137. The van der Waals surface area contributed by atoms with Crippen molar-refractivity contribution in [2.24, 2.45) is 0 Å². The van der Waals surface area contributed by atoms with E-state index in [9.17, 15) is 4.79 Å². The van der Waals surface area contributed by atoms with Gasteiger partial charge in [-0.1, -0.05) is 30.3 Å². The Morgan fingerprint density at radius 3 is 2.83 bits per heavy atom. The average molecular weight is 265 g/mol. The maximum atomic E-state index is 11.4. The molecule has 0 saturated carbocycles. The third kappa shape index (κ3) is 7.14. The molecule has 3 nitrogen and oxygen atoms in total. The number of carbonyl (C=O) groups excluding carboxylic acids is 1. The van der Waals surface area contributed by atoms with E-state index in [1.54, 1.807) is 17.8 Å². The Morgan fingerprint density at radius 1 is 1.33 bits per heavy atom. The highest BCUT2D eigenvalue weighted by Gasteiger charge is 1.96. The molecule has 0 saturated heterocycles. The molecule has 0 bridgehead atoms. The number of rotatable bonds is 8. The van der Waals surface area contributed by atoms with E-state index in [1.165, 1.54) is 6.08 Å². The number of carbonyl (C=O) groups is 1. The molecule has 0 heterocycles. The van der Waals surface area contributed by atoms with E-state index in [2.05, 4.69) is 5.32 Å². The summed E-state index contributed by atoms with van der Waals surface area (Å²) >= 11 is 1.77. The number of esters is 1. The zero-order chi connectivity index (χ0) is 13.1. The van der Waals surface area contributed by atoms with Crippen LogP contribution in [0, 0.1) is 0 Å². The summed E-state index contributed by atoms with van der Waals surface area (Å²) in [5.41, 5.74) is 0.998. The molecular formula is C14H19NO2S. The fourth-order valence-corrected chi connectivity index (χ4v) is 2.01. The molecule has 18 heavy (non-hydrogen) atoms. The topological polar surface area (TPSA) is 38.3 Å². The van der Waals surface area contributed by atoms with Crippen molar-refractivity contribution in [2.75, 3.05) is 31.7 Å². The Hall–Kier alpha value is -1.26. The van der Waals surface area contributed by atoms with E-state index in [0.717, 1.165) is 23.6 Å². The maximum absolute atomic E-state index is 11.4. The lowest BCUT2D eigenvalue weighted by Gasteiger charge is -2.02. The fraction of sp³-hybridized carbons (Fsp3) is 0.357. The number of benzene rings is 1. The average Bonchev–Trinajstić information content (AvgIpc) is 2.41. The van der Waals surface area contributed by atoms with Gasteiger partial charge in [0.05, 0.1) is 0 Å². The lowest BCUT2D eigenvalue weighted by Crippen LogP contribution is -2.11. The Labute approximate surface area is 113 Å². The summed E-state index contributed by atoms with van der Waals surface area (Å²) in [6.07, 6.45) is 3.23. The fourth-order valence-electron chi connectivity index (χ4n) is 1.25. The Balaban J connectivity index is 2.12. The highest BCUT2D eigenvalue weighted by Crippen LogP contribution is 2.02. The van der Waals surface area contributed by atoms with Crippen LogP contribution in [0.25, 0.3) is 6.08 Å². The van der Waals surface area contributed by atoms with Crippen molar-refractivity contribution < 1.29 is 9.53 Å². The van der Waals surface area contributed by atoms with E-state index in [0.29, 0.717) is 6.61 Å². The van der Waals surface area contributed by atoms with Crippen LogP contribution in [0.15, 0.2) is 36.4 Å². The van der Waals surface area contributed by atoms with Gasteiger partial charge in [-0.15, -0.1) is 0 Å². The molecule has 0 aliphatic rings. The largest absolute Gasteiger partial charge is 0.462 e. The predicted molar refractivity (Wildman–Crippen MR) is 77.7 cm³/mol. The van der Waals surface area contributed by atoms with Crippen molar-refractivity contribution in [3.63, 3.8) is 0 Å². The van der Waals surface area contributed by atoms with Crippen molar-refractivity contribution in [2.45, 2.75) is 0 Å². The van der Waals surface area contributed by atoms with Gasteiger partial charge in [0, 0.05) is 24.1 Å². The SMILES string of the molecule is CNCCSCCOC(=O)/C=C/c1ccccc1. The molecular weight excluding hydrogens is 246 g/mol. The van der Waals surface area contributed by atoms with Crippen molar-refractivity contribution in [3.8, 4) is 0 Å². The van der Waals surface area contributed by atoms with Gasteiger partial charge in [0.1, 0.15) is 6.61 Å². The Morgan fingerprint density at radius 2 is 2.11 bits per heavy atom. The number of nitrogens with one attached hydrogen (secondary N) is 1. The molecule has 0 aliphatic heterocycles. The minimum atomic E-state index is -0.284. The van der Waals surface area contributed by atoms with Crippen molar-refractivity contribution in [1.82, 2.24) is 5.32 Å². The van der Waals surface area contributed by atoms with Gasteiger partial charge in [-0.3, -0.25) is 0 Å². The summed E-state index contributed by atoms with van der Waals surface area (Å²) in [6, 6.07) is 9.69. The first kappa shape index (κ1) is 14.8. The highest BCUT2D eigenvalue weighted by molar-refractivity contribution is 7.99. The molecule has 1 rings (SSSR count). The first-order valence-corrected chi connectivity index (χ1v) is 7.10. The first-order valence-electron chi connectivity index (χ1n) is 5.95. The van der Waals surface area contributed by atoms with E-state index >= 15 is 0 Å². The van der Waals surface area contributed by atoms with Crippen molar-refractivity contribution >= 4 is 23.8 Å². The molecule has 1 N–H and O–H groups in total. The van der Waals surface area contributed by atoms with Crippen LogP contribution < -0.4 is 5.32 Å². The monoisotopic (exact) mass is 265 g/mol. The Bertz CT molecular complexity index is 365. The normalized spacial score (nSPS) is 10.7. The van der Waals surface area contributed by atoms with Crippen molar-refractivity contribution in [3.05, 3.63) is 42.0 Å². The summed E-state index contributed by atoms with van der Waals surface area (Å²) in [7, 11) is 1.93. The van der Waals surface area contributed by atoms with Crippen LogP contribution in [0.3, 0.4) is 0 Å². The smallest absolute Gasteiger partial charge is 0.330 e. The zero-order valence-corrected chi connectivity index (χ0v) is 11.4. The molecule has 0 unspecified atom stereocenters. The second-order valence-corrected chi connectivity index (χ2v) is 4.85. The van der Waals surface area contributed by atoms with Crippen LogP contribution in [-0.4, -0.2) is 37.7 Å². The molecule has 0 amide bonds. The summed E-state index contributed by atoms with van der Waals surface area (Å²) in [4.78, 5) is 11.4. The third-order valence-corrected chi connectivity index (χ3v) is 3.13. The molecule has 1 aromatic rings. The number of hydrogen-bond donors (Lipinski definition) is 1. The molecule has 0 radical (unpaired) electrons. The molecule has 1 aromatic carbocycles. The van der Waals surface area contributed by atoms with Crippen LogP contribution >= 0.6 is 11.8 Å². The molecule has 0 aliphatic carbocycles. The van der Waals surface area contributed by atoms with Crippen LogP contribution in [0.4, 0.5) is 0 Å². The van der Waals surface area contributed by atoms with Gasteiger partial charge >= 0.3 is 5.97 Å². The molecule has 0 atom stereocenters. The standard InChI is InChI=1S/C14H19NO2S/c1-15-9-11-18-12-10-17-14(16)8-7-13-5-3-2-4-6-13/h2-8,15H,9-12H2,1H3/b8-7+. The minimum Gasteiger partial charge on any atom is -0.462 e. The summed E-state index contributed by atoms with van der Waals surface area (Å²) in [5, 5.41) is 3.07. The van der Waals surface area contributed by atoms with Gasteiger partial charge in [-0.05, 0) is 18.7 Å². The Kier molecular flexibility index (Phi) is 8.01. The van der Waals surface area contributed by atoms with E-state index in [4.69, 9.17) is 4.74 Å². The van der Waals surface area contributed by atoms with Gasteiger partial charge in [0.2, 0.25) is 0 Å². The van der Waals surface area contributed by atoms with Crippen molar-refractivity contribution in [1.29, 1.82) is 0 Å². The molecule has 0 aromatic heterocycles. The van der Waals surface area contributed by atoms with E-state index < -0.39 is 0 Å². The quantitative estimate of drug-likeness (QED) is 0.444. The maximum Gasteiger partial charge on any atom is 0.330 e. The lowest BCUT2D eigenvalue weighted by atomic mass is 10.2. The second-order valence-electron chi connectivity index (χ2n) is 3.63. The van der Waals surface area contributed by atoms with Gasteiger partial charge in [-0.2, -0.15) is 11.8 Å². The summed E-state index contributed by atoms with van der Waals surface area (Å²) in [5.74, 6) is 1.59. The summed E-state index contributed by atoms with van der Waals surface area (Å²) in [6.45, 7) is 1.44. The zero-order valence-electron chi connectivity index (χ0n) is 10.6. The molecule has 4 heteroatoms. The second kappa shape index (κ2) is 9.74. The van der Waals surface area contributed by atoms with Crippen LogP contribution in [0.2, 0.25) is 0 Å².